The largest absolute Gasteiger partial charge is 0.379 e. The van der Waals surface area contributed by atoms with E-state index in [2.05, 4.69) is 43.4 Å². The minimum Gasteiger partial charge on any atom is -0.379 e. The van der Waals surface area contributed by atoms with Crippen LogP contribution in [-0.2, 0) is 0 Å². The van der Waals surface area contributed by atoms with Gasteiger partial charge in [0.05, 0.1) is 7.85 Å². The maximum absolute atomic E-state index is 10.8. The van der Waals surface area contributed by atoms with Crippen LogP contribution in [-0.4, -0.2) is 16.6 Å². The van der Waals surface area contributed by atoms with Crippen molar-refractivity contribution in [3.63, 3.8) is 0 Å². The third-order valence-corrected chi connectivity index (χ3v) is 6.16. The van der Waals surface area contributed by atoms with Crippen LogP contribution in [0.1, 0.15) is 85.0 Å². The Kier molecular flexibility index (Phi) is 10.9. The van der Waals surface area contributed by atoms with Gasteiger partial charge in [-0.25, -0.2) is 0 Å². The molecule has 0 aromatic rings. The highest BCUT2D eigenvalue weighted by atomic mass is 127. The predicted molar refractivity (Wildman–Crippen MR) is 95.2 cm³/mol. The van der Waals surface area contributed by atoms with Gasteiger partial charge in [-0.2, -0.15) is 0 Å². The van der Waals surface area contributed by atoms with Gasteiger partial charge in [0.1, 0.15) is 3.61 Å². The van der Waals surface area contributed by atoms with E-state index in [0.29, 0.717) is 12.7 Å². The third-order valence-electron chi connectivity index (χ3n) is 4.31. The summed E-state index contributed by atoms with van der Waals surface area (Å²) in [4.78, 5) is 0. The first kappa shape index (κ1) is 19.8. The van der Waals surface area contributed by atoms with Crippen LogP contribution >= 0.6 is 22.6 Å². The summed E-state index contributed by atoms with van der Waals surface area (Å²) in [7, 11) is 5.68. The summed E-state index contributed by atoms with van der Waals surface area (Å²) in [5.74, 6) is 0. The molecule has 0 rings (SSSR count). The van der Waals surface area contributed by atoms with Gasteiger partial charge in [-0.05, 0) is 41.9 Å². The second-order valence-electron chi connectivity index (χ2n) is 6.13. The second kappa shape index (κ2) is 10.5. The first-order valence-electron chi connectivity index (χ1n) is 8.05. The molecule has 0 aromatic carbocycles. The van der Waals surface area contributed by atoms with E-state index >= 15 is 0 Å². The fourth-order valence-electron chi connectivity index (χ4n) is 2.71. The Labute approximate surface area is 135 Å². The number of halogens is 1. The predicted octanol–water partition coefficient (Wildman–Crippen LogP) is 5.64. The van der Waals surface area contributed by atoms with Gasteiger partial charge in [0, 0.05) is 5.41 Å². The van der Waals surface area contributed by atoms with Crippen LogP contribution in [0.5, 0.6) is 0 Å². The van der Waals surface area contributed by atoms with Crippen molar-refractivity contribution in [2.75, 3.05) is 0 Å². The summed E-state index contributed by atoms with van der Waals surface area (Å²) in [6, 6.07) is 0. The molecular weight excluding hydrogens is 346 g/mol. The Morgan fingerprint density at radius 2 is 1.37 bits per heavy atom. The molecule has 0 heterocycles. The molecule has 3 heteroatoms. The maximum Gasteiger partial charge on any atom is 0.120 e. The summed E-state index contributed by atoms with van der Waals surface area (Å²) in [5.41, 5.74) is 0.00976. The lowest BCUT2D eigenvalue weighted by atomic mass is 9.72. The zero-order chi connectivity index (χ0) is 14.8. The standard InChI is InChI=1S/C16H32BIO/c1-4-6-8-10-12-15(3,11-9-7-5-2)16(18,19)13-14-17/h19H,4-14H2,1-3H3/t15?,16-/m0/s1. The highest BCUT2D eigenvalue weighted by molar-refractivity contribution is 14.1. The van der Waals surface area contributed by atoms with Crippen molar-refractivity contribution in [2.24, 2.45) is 5.41 Å². The van der Waals surface area contributed by atoms with Gasteiger partial charge in [-0.3, -0.25) is 0 Å². The van der Waals surface area contributed by atoms with Crippen molar-refractivity contribution in [1.29, 1.82) is 0 Å². The summed E-state index contributed by atoms with van der Waals surface area (Å²) >= 11 is 2.24. The molecule has 0 spiro atoms. The van der Waals surface area contributed by atoms with Crippen molar-refractivity contribution in [2.45, 2.75) is 94.9 Å². The Morgan fingerprint density at radius 1 is 0.895 bits per heavy atom. The molecule has 0 saturated heterocycles. The molecule has 1 nitrogen and oxygen atoms in total. The molecule has 0 amide bonds. The number of unbranched alkanes of at least 4 members (excludes halogenated alkanes) is 5. The zero-order valence-corrected chi connectivity index (χ0v) is 15.3. The minimum absolute atomic E-state index is 0.00976. The first-order valence-corrected chi connectivity index (χ1v) is 9.12. The first-order chi connectivity index (χ1) is 8.93. The topological polar surface area (TPSA) is 20.2 Å². The molecule has 1 unspecified atom stereocenters. The summed E-state index contributed by atoms with van der Waals surface area (Å²) in [5, 5.41) is 10.8. The Balaban J connectivity index is 4.51. The van der Waals surface area contributed by atoms with Crippen LogP contribution in [0.2, 0.25) is 6.32 Å². The van der Waals surface area contributed by atoms with Crippen LogP contribution in [0, 0.1) is 5.41 Å². The van der Waals surface area contributed by atoms with E-state index in [1.165, 1.54) is 44.9 Å². The molecule has 0 aromatic heterocycles. The lowest BCUT2D eigenvalue weighted by Crippen LogP contribution is -2.41. The molecule has 0 saturated carbocycles. The van der Waals surface area contributed by atoms with Crippen molar-refractivity contribution < 1.29 is 5.11 Å². The highest BCUT2D eigenvalue weighted by Crippen LogP contribution is 2.47. The third kappa shape index (κ3) is 7.36. The Bertz CT molecular complexity index is 221. The van der Waals surface area contributed by atoms with E-state index in [4.69, 9.17) is 7.85 Å². The summed E-state index contributed by atoms with van der Waals surface area (Å²) in [6.07, 6.45) is 12.3. The van der Waals surface area contributed by atoms with Gasteiger partial charge in [0.25, 0.3) is 0 Å². The fraction of sp³-hybridized carbons (Fsp3) is 1.00. The molecule has 0 bridgehead atoms. The van der Waals surface area contributed by atoms with Gasteiger partial charge in [0.15, 0.2) is 0 Å². The average molecular weight is 378 g/mol. The quantitative estimate of drug-likeness (QED) is 0.202. The zero-order valence-electron chi connectivity index (χ0n) is 13.2. The number of hydrogen-bond donors (Lipinski definition) is 1. The van der Waals surface area contributed by atoms with Gasteiger partial charge < -0.3 is 5.11 Å². The molecule has 0 aliphatic carbocycles. The van der Waals surface area contributed by atoms with E-state index in [-0.39, 0.29) is 5.41 Å². The Hall–Kier alpha value is 0.755. The van der Waals surface area contributed by atoms with Crippen LogP contribution in [0.15, 0.2) is 0 Å². The van der Waals surface area contributed by atoms with Gasteiger partial charge >= 0.3 is 0 Å². The van der Waals surface area contributed by atoms with Crippen molar-refractivity contribution >= 4 is 30.4 Å². The number of aliphatic hydroxyl groups is 1. The van der Waals surface area contributed by atoms with E-state index in [0.717, 1.165) is 12.8 Å². The molecule has 2 atom stereocenters. The second-order valence-corrected chi connectivity index (χ2v) is 7.91. The van der Waals surface area contributed by atoms with E-state index in [1.54, 1.807) is 0 Å². The monoisotopic (exact) mass is 378 g/mol. The van der Waals surface area contributed by atoms with E-state index < -0.39 is 3.61 Å². The number of alkyl halides is 1. The number of rotatable bonds is 12. The average Bonchev–Trinajstić information content (AvgIpc) is 2.35. The SMILES string of the molecule is [B]CC[C@@](O)(I)C(C)(CCCCC)CCCCCC. The van der Waals surface area contributed by atoms with E-state index in [1.807, 2.05) is 0 Å². The molecule has 112 valence electrons. The molecule has 19 heavy (non-hydrogen) atoms. The number of hydrogen-bond acceptors (Lipinski definition) is 1. The Morgan fingerprint density at radius 3 is 1.84 bits per heavy atom. The summed E-state index contributed by atoms with van der Waals surface area (Å²) in [6.45, 7) is 6.73. The molecule has 1 N–H and O–H groups in total. The van der Waals surface area contributed by atoms with Crippen molar-refractivity contribution in [3.8, 4) is 0 Å². The molecular formula is C16H32BIO. The van der Waals surface area contributed by atoms with Gasteiger partial charge in [-0.1, -0.05) is 72.0 Å². The lowest BCUT2D eigenvalue weighted by molar-refractivity contribution is 0.00233. The van der Waals surface area contributed by atoms with Gasteiger partial charge in [-0.15, -0.1) is 0 Å². The maximum atomic E-state index is 10.8. The van der Waals surface area contributed by atoms with E-state index in [9.17, 15) is 5.11 Å². The fourth-order valence-corrected chi connectivity index (χ4v) is 3.56. The van der Waals surface area contributed by atoms with Crippen molar-refractivity contribution in [1.82, 2.24) is 0 Å². The normalized spacial score (nSPS) is 17.9. The molecule has 2 radical (unpaired) electrons. The van der Waals surface area contributed by atoms with Crippen molar-refractivity contribution in [3.05, 3.63) is 0 Å². The lowest BCUT2D eigenvalue weighted by Gasteiger charge is -2.42. The molecule has 0 aliphatic heterocycles. The van der Waals surface area contributed by atoms with Crippen LogP contribution < -0.4 is 0 Å². The highest BCUT2D eigenvalue weighted by Gasteiger charge is 2.42. The molecule has 0 fully saturated rings. The molecule has 0 aliphatic rings. The van der Waals surface area contributed by atoms with Gasteiger partial charge in [0.2, 0.25) is 0 Å². The summed E-state index contributed by atoms with van der Waals surface area (Å²) < 4.78 is -0.653. The smallest absolute Gasteiger partial charge is 0.120 e. The van der Waals surface area contributed by atoms with Crippen LogP contribution in [0.3, 0.4) is 0 Å². The minimum atomic E-state index is -0.653. The van der Waals surface area contributed by atoms with Crippen LogP contribution in [0.4, 0.5) is 0 Å². The van der Waals surface area contributed by atoms with Crippen LogP contribution in [0.25, 0.3) is 0 Å².